The predicted molar refractivity (Wildman–Crippen MR) is 83.3 cm³/mol. The van der Waals surface area contributed by atoms with Crippen molar-refractivity contribution in [2.75, 3.05) is 11.9 Å². The molecule has 0 spiro atoms. The quantitative estimate of drug-likeness (QED) is 0.887. The third-order valence-electron chi connectivity index (χ3n) is 3.04. The first-order chi connectivity index (χ1) is 9.61. The summed E-state index contributed by atoms with van der Waals surface area (Å²) >= 11 is 1.63. The number of anilines is 1. The number of aromatic nitrogens is 1. The molecule has 0 radical (unpaired) electrons. The van der Waals surface area contributed by atoms with Gasteiger partial charge in [-0.15, -0.1) is 0 Å². The Bertz CT molecular complexity index is 581. The van der Waals surface area contributed by atoms with Crippen molar-refractivity contribution in [2.24, 2.45) is 0 Å². The zero-order valence-corrected chi connectivity index (χ0v) is 12.8. The van der Waals surface area contributed by atoms with Gasteiger partial charge in [-0.05, 0) is 49.2 Å². The lowest BCUT2D eigenvalue weighted by Gasteiger charge is -2.15. The highest BCUT2D eigenvalue weighted by molar-refractivity contribution is 7.07. The van der Waals surface area contributed by atoms with Gasteiger partial charge in [0.1, 0.15) is 0 Å². The molecule has 2 aromatic rings. The lowest BCUT2D eigenvalue weighted by Crippen LogP contribution is -2.27. The van der Waals surface area contributed by atoms with Crippen molar-refractivity contribution in [3.8, 4) is 0 Å². The van der Waals surface area contributed by atoms with E-state index in [0.29, 0.717) is 5.56 Å². The van der Waals surface area contributed by atoms with E-state index in [-0.39, 0.29) is 11.9 Å². The first-order valence-electron chi connectivity index (χ1n) is 6.65. The third kappa shape index (κ3) is 3.36. The molecule has 1 unspecified atom stereocenters. The van der Waals surface area contributed by atoms with Crippen LogP contribution in [0.5, 0.6) is 0 Å². The Hall–Kier alpha value is -1.88. The number of carbonyl (C=O) groups is 1. The van der Waals surface area contributed by atoms with Gasteiger partial charge in [-0.3, -0.25) is 9.78 Å². The maximum atomic E-state index is 12.4. The van der Waals surface area contributed by atoms with Crippen molar-refractivity contribution in [1.82, 2.24) is 10.3 Å². The van der Waals surface area contributed by atoms with E-state index in [1.54, 1.807) is 17.5 Å². The molecule has 5 heteroatoms. The molecule has 20 heavy (non-hydrogen) atoms. The van der Waals surface area contributed by atoms with E-state index in [9.17, 15) is 4.79 Å². The van der Waals surface area contributed by atoms with Crippen LogP contribution in [0.25, 0.3) is 0 Å². The van der Waals surface area contributed by atoms with Crippen molar-refractivity contribution in [2.45, 2.75) is 26.8 Å². The molecule has 1 amide bonds. The topological polar surface area (TPSA) is 54.0 Å². The fourth-order valence-corrected chi connectivity index (χ4v) is 2.71. The number of amides is 1. The maximum absolute atomic E-state index is 12.4. The van der Waals surface area contributed by atoms with Gasteiger partial charge in [0.2, 0.25) is 0 Å². The molecule has 0 bridgehead atoms. The smallest absolute Gasteiger partial charge is 0.255 e. The first kappa shape index (κ1) is 14.5. The molecular weight excluding hydrogens is 270 g/mol. The Labute approximate surface area is 123 Å². The Morgan fingerprint density at radius 1 is 1.50 bits per heavy atom. The van der Waals surface area contributed by atoms with Gasteiger partial charge in [0, 0.05) is 18.4 Å². The van der Waals surface area contributed by atoms with Crippen LogP contribution >= 0.6 is 11.3 Å². The van der Waals surface area contributed by atoms with Crippen LogP contribution in [0.2, 0.25) is 0 Å². The highest BCUT2D eigenvalue weighted by Gasteiger charge is 2.15. The van der Waals surface area contributed by atoms with Crippen molar-refractivity contribution in [1.29, 1.82) is 0 Å². The Morgan fingerprint density at radius 3 is 2.95 bits per heavy atom. The monoisotopic (exact) mass is 289 g/mol. The molecule has 0 aliphatic heterocycles. The van der Waals surface area contributed by atoms with Gasteiger partial charge >= 0.3 is 0 Å². The number of pyridine rings is 1. The summed E-state index contributed by atoms with van der Waals surface area (Å²) in [6.07, 6.45) is 1.63. The molecule has 0 saturated heterocycles. The van der Waals surface area contributed by atoms with E-state index in [0.717, 1.165) is 23.5 Å². The highest BCUT2D eigenvalue weighted by Crippen LogP contribution is 2.19. The van der Waals surface area contributed by atoms with Crippen LogP contribution in [-0.4, -0.2) is 17.4 Å². The van der Waals surface area contributed by atoms with Crippen molar-refractivity contribution < 1.29 is 4.79 Å². The largest absolute Gasteiger partial charge is 0.385 e. The Kier molecular flexibility index (Phi) is 4.74. The van der Waals surface area contributed by atoms with Gasteiger partial charge in [0.25, 0.3) is 5.91 Å². The summed E-state index contributed by atoms with van der Waals surface area (Å²) in [7, 11) is 0. The lowest BCUT2D eigenvalue weighted by atomic mass is 10.1. The number of rotatable bonds is 5. The molecule has 0 aliphatic carbocycles. The standard InChI is InChI=1S/C15H19N3OS/c1-4-16-14-7-10(2)17-8-13(14)15(19)18-11(3)12-5-6-20-9-12/h5-9,11H,4H2,1-3H3,(H,16,17)(H,18,19). The number of nitrogens with zero attached hydrogens (tertiary/aromatic N) is 1. The molecule has 2 rings (SSSR count). The van der Waals surface area contributed by atoms with E-state index in [1.807, 2.05) is 43.7 Å². The summed E-state index contributed by atoms with van der Waals surface area (Å²) < 4.78 is 0. The Morgan fingerprint density at radius 2 is 2.30 bits per heavy atom. The number of nitrogens with one attached hydrogen (secondary N) is 2. The lowest BCUT2D eigenvalue weighted by molar-refractivity contribution is 0.0940. The molecule has 2 aromatic heterocycles. The van der Waals surface area contributed by atoms with E-state index in [1.165, 1.54) is 0 Å². The van der Waals surface area contributed by atoms with E-state index in [2.05, 4.69) is 15.6 Å². The summed E-state index contributed by atoms with van der Waals surface area (Å²) in [6.45, 7) is 6.67. The molecule has 0 saturated carbocycles. The summed E-state index contributed by atoms with van der Waals surface area (Å²) in [5.41, 5.74) is 3.42. The van der Waals surface area contributed by atoms with E-state index >= 15 is 0 Å². The maximum Gasteiger partial charge on any atom is 0.255 e. The molecule has 106 valence electrons. The van der Waals surface area contributed by atoms with Gasteiger partial charge in [-0.25, -0.2) is 0 Å². The average Bonchev–Trinajstić information content (AvgIpc) is 2.93. The second-order valence-electron chi connectivity index (χ2n) is 4.65. The molecule has 1 atom stereocenters. The zero-order chi connectivity index (χ0) is 14.5. The summed E-state index contributed by atoms with van der Waals surface area (Å²) in [6, 6.07) is 3.91. The Balaban J connectivity index is 2.16. The SMILES string of the molecule is CCNc1cc(C)ncc1C(=O)NC(C)c1ccsc1. The molecular formula is C15H19N3OS. The minimum atomic E-state index is -0.104. The fourth-order valence-electron chi connectivity index (χ4n) is 1.96. The number of hydrogen-bond donors (Lipinski definition) is 2. The zero-order valence-electron chi connectivity index (χ0n) is 11.9. The van der Waals surface area contributed by atoms with Gasteiger partial charge < -0.3 is 10.6 Å². The second-order valence-corrected chi connectivity index (χ2v) is 5.43. The number of thiophene rings is 1. The van der Waals surface area contributed by atoms with Crippen LogP contribution in [0.3, 0.4) is 0 Å². The van der Waals surface area contributed by atoms with Crippen molar-refractivity contribution >= 4 is 22.9 Å². The van der Waals surface area contributed by atoms with Gasteiger partial charge in [0.05, 0.1) is 17.3 Å². The van der Waals surface area contributed by atoms with Gasteiger partial charge in [-0.2, -0.15) is 11.3 Å². The predicted octanol–water partition coefficient (Wildman–Crippen LogP) is 3.37. The molecule has 0 aromatic carbocycles. The molecule has 0 fully saturated rings. The molecule has 0 aliphatic rings. The fraction of sp³-hybridized carbons (Fsp3) is 0.333. The first-order valence-corrected chi connectivity index (χ1v) is 7.59. The molecule has 2 heterocycles. The second kappa shape index (κ2) is 6.52. The highest BCUT2D eigenvalue weighted by atomic mass is 32.1. The number of aryl methyl sites for hydroxylation is 1. The average molecular weight is 289 g/mol. The van der Waals surface area contributed by atoms with Crippen LogP contribution in [0.4, 0.5) is 5.69 Å². The van der Waals surface area contributed by atoms with Crippen LogP contribution < -0.4 is 10.6 Å². The summed E-state index contributed by atoms with van der Waals surface area (Å²) in [5, 5.41) is 10.3. The minimum Gasteiger partial charge on any atom is -0.385 e. The normalized spacial score (nSPS) is 11.9. The third-order valence-corrected chi connectivity index (χ3v) is 3.74. The number of carbonyl (C=O) groups excluding carboxylic acids is 1. The minimum absolute atomic E-state index is 0.00969. The summed E-state index contributed by atoms with van der Waals surface area (Å²) in [4.78, 5) is 16.6. The van der Waals surface area contributed by atoms with Gasteiger partial charge in [-0.1, -0.05) is 0 Å². The van der Waals surface area contributed by atoms with Crippen LogP contribution in [0, 0.1) is 6.92 Å². The van der Waals surface area contributed by atoms with Crippen molar-refractivity contribution in [3.63, 3.8) is 0 Å². The summed E-state index contributed by atoms with van der Waals surface area (Å²) in [5.74, 6) is -0.104. The van der Waals surface area contributed by atoms with Crippen LogP contribution in [-0.2, 0) is 0 Å². The molecule has 4 nitrogen and oxygen atoms in total. The van der Waals surface area contributed by atoms with Gasteiger partial charge in [0.15, 0.2) is 0 Å². The van der Waals surface area contributed by atoms with Crippen LogP contribution in [0.15, 0.2) is 29.1 Å². The van der Waals surface area contributed by atoms with E-state index < -0.39 is 0 Å². The van der Waals surface area contributed by atoms with E-state index in [4.69, 9.17) is 0 Å². The van der Waals surface area contributed by atoms with Crippen molar-refractivity contribution in [3.05, 3.63) is 45.9 Å². The number of hydrogen-bond acceptors (Lipinski definition) is 4. The van der Waals surface area contributed by atoms with Crippen LogP contribution in [0.1, 0.15) is 41.5 Å². The molecule has 2 N–H and O–H groups in total.